The summed E-state index contributed by atoms with van der Waals surface area (Å²) in [5.74, 6) is -0.515. The lowest BCUT2D eigenvalue weighted by atomic mass is 10.1. The molecule has 3 rings (SSSR count). The predicted molar refractivity (Wildman–Crippen MR) is 111 cm³/mol. The Morgan fingerprint density at radius 2 is 1.62 bits per heavy atom. The first kappa shape index (κ1) is 21.0. The van der Waals surface area contributed by atoms with Crippen molar-refractivity contribution in [3.8, 4) is 0 Å². The number of hydrogen-bond acceptors (Lipinski definition) is 3. The van der Waals surface area contributed by atoms with Gasteiger partial charge in [0.15, 0.2) is 0 Å². The SMILES string of the molecule is O=C(CN1CCCN(C(=O)C(F)c2ccccc2)CC1)NCCc1ccccc1. The number of carbonyl (C=O) groups is 2. The first-order valence-corrected chi connectivity index (χ1v) is 10.1. The summed E-state index contributed by atoms with van der Waals surface area (Å²) in [4.78, 5) is 28.3. The minimum atomic E-state index is -1.64. The first-order valence-electron chi connectivity index (χ1n) is 10.1. The molecule has 154 valence electrons. The molecular weight excluding hydrogens is 369 g/mol. The standard InChI is InChI=1S/C23H28FN3O2/c24-22(20-10-5-2-6-11-20)23(29)27-15-7-14-26(16-17-27)18-21(28)25-13-12-19-8-3-1-4-9-19/h1-6,8-11,22H,7,12-18H2,(H,25,28). The molecule has 0 radical (unpaired) electrons. The molecule has 1 aliphatic rings. The maximum Gasteiger partial charge on any atom is 0.261 e. The van der Waals surface area contributed by atoms with Crippen LogP contribution in [0.15, 0.2) is 60.7 Å². The molecule has 1 fully saturated rings. The second-order valence-corrected chi connectivity index (χ2v) is 7.31. The first-order chi connectivity index (χ1) is 14.1. The Bertz CT molecular complexity index is 785. The summed E-state index contributed by atoms with van der Waals surface area (Å²) in [6, 6.07) is 18.6. The number of carbonyl (C=O) groups excluding carboxylic acids is 2. The highest BCUT2D eigenvalue weighted by Gasteiger charge is 2.27. The molecule has 1 aliphatic heterocycles. The average Bonchev–Trinajstić information content (AvgIpc) is 2.99. The molecule has 6 heteroatoms. The van der Waals surface area contributed by atoms with Crippen molar-refractivity contribution in [1.29, 1.82) is 0 Å². The van der Waals surface area contributed by atoms with Gasteiger partial charge in [-0.15, -0.1) is 0 Å². The zero-order chi connectivity index (χ0) is 20.5. The van der Waals surface area contributed by atoms with E-state index < -0.39 is 12.1 Å². The number of rotatable bonds is 7. The summed E-state index contributed by atoms with van der Waals surface area (Å²) in [6.07, 6.45) is -0.111. The van der Waals surface area contributed by atoms with E-state index in [9.17, 15) is 14.0 Å². The van der Waals surface area contributed by atoms with Crippen LogP contribution in [0.2, 0.25) is 0 Å². The zero-order valence-corrected chi connectivity index (χ0v) is 16.6. The molecule has 2 aromatic carbocycles. The lowest BCUT2D eigenvalue weighted by Crippen LogP contribution is -2.41. The molecule has 0 bridgehead atoms. The van der Waals surface area contributed by atoms with Gasteiger partial charge in [-0.1, -0.05) is 60.7 Å². The molecule has 0 saturated carbocycles. The van der Waals surface area contributed by atoms with Gasteiger partial charge in [-0.25, -0.2) is 4.39 Å². The smallest absolute Gasteiger partial charge is 0.261 e. The molecule has 1 unspecified atom stereocenters. The molecule has 1 saturated heterocycles. The van der Waals surface area contributed by atoms with Crippen LogP contribution in [-0.2, 0) is 16.0 Å². The Morgan fingerprint density at radius 1 is 0.931 bits per heavy atom. The van der Waals surface area contributed by atoms with E-state index >= 15 is 0 Å². The van der Waals surface area contributed by atoms with Crippen molar-refractivity contribution in [2.24, 2.45) is 0 Å². The summed E-state index contributed by atoms with van der Waals surface area (Å²) in [5, 5.41) is 2.95. The van der Waals surface area contributed by atoms with Crippen LogP contribution in [-0.4, -0.2) is 60.9 Å². The Hall–Kier alpha value is -2.73. The van der Waals surface area contributed by atoms with Crippen LogP contribution in [0.3, 0.4) is 0 Å². The third-order valence-electron chi connectivity index (χ3n) is 5.16. The van der Waals surface area contributed by atoms with E-state index in [2.05, 4.69) is 5.32 Å². The lowest BCUT2D eigenvalue weighted by molar-refractivity contribution is -0.136. The second kappa shape index (κ2) is 10.7. The molecule has 2 aromatic rings. The van der Waals surface area contributed by atoms with Crippen LogP contribution >= 0.6 is 0 Å². The van der Waals surface area contributed by atoms with E-state index in [1.165, 1.54) is 5.56 Å². The number of benzene rings is 2. The normalized spacial score (nSPS) is 16.1. The van der Waals surface area contributed by atoms with Crippen molar-refractivity contribution in [2.75, 3.05) is 39.3 Å². The highest BCUT2D eigenvalue weighted by Crippen LogP contribution is 2.20. The topological polar surface area (TPSA) is 52.7 Å². The van der Waals surface area contributed by atoms with Crippen LogP contribution in [0, 0.1) is 0 Å². The van der Waals surface area contributed by atoms with Crippen LogP contribution in [0.25, 0.3) is 0 Å². The monoisotopic (exact) mass is 397 g/mol. The van der Waals surface area contributed by atoms with E-state index in [1.807, 2.05) is 35.2 Å². The molecular formula is C23H28FN3O2. The van der Waals surface area contributed by atoms with Crippen molar-refractivity contribution in [1.82, 2.24) is 15.1 Å². The summed E-state index contributed by atoms with van der Waals surface area (Å²) in [6.45, 7) is 3.13. The van der Waals surface area contributed by atoms with Gasteiger partial charge >= 0.3 is 0 Å². The average molecular weight is 397 g/mol. The largest absolute Gasteiger partial charge is 0.355 e. The third-order valence-corrected chi connectivity index (χ3v) is 5.16. The highest BCUT2D eigenvalue weighted by molar-refractivity contribution is 5.82. The fraction of sp³-hybridized carbons (Fsp3) is 0.391. The van der Waals surface area contributed by atoms with Gasteiger partial charge in [-0.3, -0.25) is 14.5 Å². The van der Waals surface area contributed by atoms with Crippen molar-refractivity contribution in [2.45, 2.75) is 19.0 Å². The molecule has 0 aliphatic carbocycles. The van der Waals surface area contributed by atoms with E-state index in [1.54, 1.807) is 35.2 Å². The lowest BCUT2D eigenvalue weighted by Gasteiger charge is -2.23. The predicted octanol–water partition coefficient (Wildman–Crippen LogP) is 2.59. The molecule has 0 spiro atoms. The number of amides is 2. The van der Waals surface area contributed by atoms with Crippen molar-refractivity contribution in [3.05, 3.63) is 71.8 Å². The van der Waals surface area contributed by atoms with Crippen molar-refractivity contribution < 1.29 is 14.0 Å². The van der Waals surface area contributed by atoms with E-state index in [0.29, 0.717) is 38.3 Å². The molecule has 1 atom stereocenters. The van der Waals surface area contributed by atoms with Crippen molar-refractivity contribution in [3.63, 3.8) is 0 Å². The number of nitrogens with one attached hydrogen (secondary N) is 1. The van der Waals surface area contributed by atoms with E-state index in [0.717, 1.165) is 19.4 Å². The Morgan fingerprint density at radius 3 is 2.34 bits per heavy atom. The number of halogens is 1. The summed E-state index contributed by atoms with van der Waals surface area (Å²) in [7, 11) is 0. The van der Waals surface area contributed by atoms with E-state index in [-0.39, 0.29) is 5.91 Å². The second-order valence-electron chi connectivity index (χ2n) is 7.31. The van der Waals surface area contributed by atoms with E-state index in [4.69, 9.17) is 0 Å². The Labute approximate surface area is 171 Å². The van der Waals surface area contributed by atoms with Crippen LogP contribution in [0.1, 0.15) is 23.7 Å². The minimum absolute atomic E-state index is 0.0200. The molecule has 0 aromatic heterocycles. The third kappa shape index (κ3) is 6.39. The van der Waals surface area contributed by atoms with Gasteiger partial charge in [-0.05, 0) is 24.0 Å². The van der Waals surface area contributed by atoms with Gasteiger partial charge in [0, 0.05) is 32.7 Å². The van der Waals surface area contributed by atoms with Gasteiger partial charge in [0.25, 0.3) is 5.91 Å². The van der Waals surface area contributed by atoms with Gasteiger partial charge in [0.1, 0.15) is 0 Å². The quantitative estimate of drug-likeness (QED) is 0.781. The van der Waals surface area contributed by atoms with Gasteiger partial charge < -0.3 is 10.2 Å². The number of nitrogens with zero attached hydrogens (tertiary/aromatic N) is 2. The molecule has 29 heavy (non-hydrogen) atoms. The van der Waals surface area contributed by atoms with Gasteiger partial charge in [0.2, 0.25) is 12.1 Å². The fourth-order valence-corrected chi connectivity index (χ4v) is 3.52. The molecule has 2 amide bonds. The summed E-state index contributed by atoms with van der Waals surface area (Å²) < 4.78 is 14.6. The molecule has 1 N–H and O–H groups in total. The molecule has 5 nitrogen and oxygen atoms in total. The number of alkyl halides is 1. The maximum atomic E-state index is 14.6. The fourth-order valence-electron chi connectivity index (χ4n) is 3.52. The summed E-state index contributed by atoms with van der Waals surface area (Å²) in [5.41, 5.74) is 1.58. The maximum absolute atomic E-state index is 14.6. The minimum Gasteiger partial charge on any atom is -0.355 e. The van der Waals surface area contributed by atoms with Gasteiger partial charge in [-0.2, -0.15) is 0 Å². The Kier molecular flexibility index (Phi) is 7.76. The number of hydrogen-bond donors (Lipinski definition) is 1. The van der Waals surface area contributed by atoms with Crippen molar-refractivity contribution >= 4 is 11.8 Å². The van der Waals surface area contributed by atoms with Crippen LogP contribution in [0.5, 0.6) is 0 Å². The zero-order valence-electron chi connectivity index (χ0n) is 16.6. The highest BCUT2D eigenvalue weighted by atomic mass is 19.1. The van der Waals surface area contributed by atoms with Crippen LogP contribution in [0.4, 0.5) is 4.39 Å². The van der Waals surface area contributed by atoms with Crippen LogP contribution < -0.4 is 5.32 Å². The summed E-state index contributed by atoms with van der Waals surface area (Å²) >= 11 is 0. The Balaban J connectivity index is 1.42. The molecule has 1 heterocycles. The van der Waals surface area contributed by atoms with Gasteiger partial charge in [0.05, 0.1) is 6.54 Å².